The Kier molecular flexibility index (Phi) is 6.87. The molecule has 4 rings (SSSR count). The maximum atomic E-state index is 10.7. The zero-order chi connectivity index (χ0) is 25.2. The predicted octanol–water partition coefficient (Wildman–Crippen LogP) is 2.58. The molecule has 0 amide bonds. The highest BCUT2D eigenvalue weighted by Crippen LogP contribution is 2.41. The second-order valence-electron chi connectivity index (χ2n) is 8.20. The predicted molar refractivity (Wildman–Crippen MR) is 126 cm³/mol. The van der Waals surface area contributed by atoms with Crippen molar-refractivity contribution in [1.82, 2.24) is 14.5 Å². The fourth-order valence-electron chi connectivity index (χ4n) is 3.59. The minimum absolute atomic E-state index is 0.245. The number of rotatable bonds is 9. The van der Waals surface area contributed by atoms with Gasteiger partial charge in [-0.05, 0) is 55.6 Å². The van der Waals surface area contributed by atoms with Gasteiger partial charge in [0, 0.05) is 19.2 Å². The minimum Gasteiger partial charge on any atom is -0.504 e. The van der Waals surface area contributed by atoms with Crippen molar-refractivity contribution >= 4 is 16.5 Å². The number of aromatic nitrogens is 2. The van der Waals surface area contributed by atoms with Crippen LogP contribution in [-0.2, 0) is 21.0 Å². The number of likely N-dealkylation sites (N-methyl/N-ethyl adjacent to an activating group) is 1. The van der Waals surface area contributed by atoms with Crippen LogP contribution in [0.15, 0.2) is 55.2 Å². The van der Waals surface area contributed by atoms with E-state index in [-0.39, 0.29) is 11.5 Å². The van der Waals surface area contributed by atoms with E-state index in [1.54, 1.807) is 30.6 Å². The van der Waals surface area contributed by atoms with Gasteiger partial charge in [0.25, 0.3) is 6.29 Å². The lowest BCUT2D eigenvalue weighted by molar-refractivity contribution is 0.0148. The molecule has 2 aromatic carbocycles. The zero-order valence-corrected chi connectivity index (χ0v) is 19.8. The van der Waals surface area contributed by atoms with Crippen molar-refractivity contribution < 1.29 is 36.8 Å². The van der Waals surface area contributed by atoms with E-state index >= 15 is 0 Å². The quantitative estimate of drug-likeness (QED) is 0.226. The minimum atomic E-state index is -4.59. The Bertz CT molecular complexity index is 1340. The molecule has 0 unspecified atom stereocenters. The van der Waals surface area contributed by atoms with Gasteiger partial charge in [-0.3, -0.25) is 4.55 Å². The number of nitrogens with zero attached hydrogens (tertiary/aromatic N) is 3. The summed E-state index contributed by atoms with van der Waals surface area (Å²) in [7, 11) is -0.631. The number of phenolic OH excluding ortho intramolecular Hbond substituents is 2. The summed E-state index contributed by atoms with van der Waals surface area (Å²) in [4.78, 5) is 6.54. The van der Waals surface area contributed by atoms with E-state index < -0.39 is 22.7 Å². The van der Waals surface area contributed by atoms with Gasteiger partial charge in [-0.2, -0.15) is 8.42 Å². The summed E-state index contributed by atoms with van der Waals surface area (Å²) in [6.07, 6.45) is 5.63. The molecule has 0 spiro atoms. The van der Waals surface area contributed by atoms with E-state index in [0.717, 1.165) is 24.9 Å². The summed E-state index contributed by atoms with van der Waals surface area (Å²) in [6, 6.07) is 8.88. The lowest BCUT2D eigenvalue weighted by Crippen LogP contribution is -2.31. The molecule has 0 saturated carbocycles. The van der Waals surface area contributed by atoms with E-state index in [1.165, 1.54) is 18.2 Å². The standard InChI is InChI=1S/C23H25N3O8S/c1-25(2)9-7-17-13-26(14-24-17)22(16-4-5-18(27)19(28)12-16)23-33-20-6-3-15(11-21(20)34-23)8-10-32-35(29,30)31/h3-6,8,10-14,22-23,27-28H,7,9H2,1-2H3,(H,29,30,31)/t22-,23-/m0/s1. The van der Waals surface area contributed by atoms with Crippen molar-refractivity contribution in [3.63, 3.8) is 0 Å². The molecular weight excluding hydrogens is 478 g/mol. The normalized spacial score (nSPS) is 16.2. The van der Waals surface area contributed by atoms with Gasteiger partial charge in [-0.1, -0.05) is 12.1 Å². The molecule has 3 aromatic rings. The van der Waals surface area contributed by atoms with Crippen LogP contribution < -0.4 is 9.47 Å². The van der Waals surface area contributed by atoms with E-state index in [4.69, 9.17) is 14.0 Å². The van der Waals surface area contributed by atoms with Gasteiger partial charge in [0.1, 0.15) is 12.3 Å². The summed E-state index contributed by atoms with van der Waals surface area (Å²) >= 11 is 0. The molecule has 0 bridgehead atoms. The topological polar surface area (TPSA) is 144 Å². The van der Waals surface area contributed by atoms with E-state index in [9.17, 15) is 18.6 Å². The van der Waals surface area contributed by atoms with Gasteiger partial charge < -0.3 is 33.3 Å². The number of aromatic hydroxyl groups is 2. The molecule has 1 aliphatic heterocycles. The van der Waals surface area contributed by atoms with Crippen molar-refractivity contribution in [3.8, 4) is 23.0 Å². The monoisotopic (exact) mass is 503 g/mol. The van der Waals surface area contributed by atoms with Gasteiger partial charge in [0.05, 0.1) is 12.0 Å². The Balaban J connectivity index is 1.61. The van der Waals surface area contributed by atoms with Crippen LogP contribution in [0.5, 0.6) is 23.0 Å². The van der Waals surface area contributed by atoms with Crippen LogP contribution in [0.2, 0.25) is 0 Å². The highest BCUT2D eigenvalue weighted by Gasteiger charge is 2.35. The molecule has 1 aromatic heterocycles. The van der Waals surface area contributed by atoms with Gasteiger partial charge >= 0.3 is 10.4 Å². The molecule has 2 atom stereocenters. The lowest BCUT2D eigenvalue weighted by Gasteiger charge is -2.24. The third-order valence-electron chi connectivity index (χ3n) is 5.28. The van der Waals surface area contributed by atoms with Gasteiger partial charge in [0.2, 0.25) is 0 Å². The van der Waals surface area contributed by atoms with Gasteiger partial charge in [-0.25, -0.2) is 4.98 Å². The SMILES string of the molecule is CN(C)CCc1cn([C@@H](c2ccc(O)c(O)c2)[C@H]2Oc3ccc(C=COS(=O)(=O)O)cc3O2)cn1. The molecule has 0 radical (unpaired) electrons. The van der Waals surface area contributed by atoms with Gasteiger partial charge in [0.15, 0.2) is 23.0 Å². The number of benzene rings is 2. The molecule has 0 fully saturated rings. The maximum Gasteiger partial charge on any atom is 0.445 e. The van der Waals surface area contributed by atoms with Crippen molar-refractivity contribution in [2.45, 2.75) is 18.8 Å². The molecule has 35 heavy (non-hydrogen) atoms. The van der Waals surface area contributed by atoms with Crippen LogP contribution in [-0.4, -0.2) is 64.6 Å². The van der Waals surface area contributed by atoms with Crippen molar-refractivity contribution in [2.75, 3.05) is 20.6 Å². The van der Waals surface area contributed by atoms with E-state index in [1.807, 2.05) is 24.9 Å². The average molecular weight is 504 g/mol. The van der Waals surface area contributed by atoms with Crippen LogP contribution >= 0.6 is 0 Å². The highest BCUT2D eigenvalue weighted by atomic mass is 32.3. The molecular formula is C23H25N3O8S. The van der Waals surface area contributed by atoms with E-state index in [2.05, 4.69) is 14.1 Å². The molecule has 3 N–H and O–H groups in total. The maximum absolute atomic E-state index is 10.7. The van der Waals surface area contributed by atoms with E-state index in [0.29, 0.717) is 22.6 Å². The lowest BCUT2D eigenvalue weighted by atomic mass is 10.1. The fourth-order valence-corrected chi connectivity index (χ4v) is 3.79. The first-order chi connectivity index (χ1) is 16.6. The first kappa shape index (κ1) is 24.4. The third-order valence-corrected chi connectivity index (χ3v) is 5.64. The van der Waals surface area contributed by atoms with Crippen molar-refractivity contribution in [2.24, 2.45) is 0 Å². The van der Waals surface area contributed by atoms with Crippen LogP contribution in [0.25, 0.3) is 6.08 Å². The Labute approximate surface area is 202 Å². The number of ether oxygens (including phenoxy) is 2. The summed E-state index contributed by atoms with van der Waals surface area (Å²) in [6.45, 7) is 0.821. The first-order valence-electron chi connectivity index (χ1n) is 10.6. The summed E-state index contributed by atoms with van der Waals surface area (Å²) in [5, 5.41) is 19.9. The average Bonchev–Trinajstić information content (AvgIpc) is 3.41. The van der Waals surface area contributed by atoms with Crippen LogP contribution in [0.4, 0.5) is 0 Å². The molecule has 12 heteroatoms. The fraction of sp³-hybridized carbons (Fsp3) is 0.261. The largest absolute Gasteiger partial charge is 0.504 e. The van der Waals surface area contributed by atoms with Crippen molar-refractivity contribution in [3.05, 3.63) is 72.0 Å². The molecule has 11 nitrogen and oxygen atoms in total. The smallest absolute Gasteiger partial charge is 0.445 e. The number of imidazole rings is 1. The Hall–Kier alpha value is -3.74. The number of fused-ring (bicyclic) bond motifs is 1. The molecule has 1 aliphatic rings. The second-order valence-corrected chi connectivity index (χ2v) is 9.24. The molecule has 0 aliphatic carbocycles. The van der Waals surface area contributed by atoms with Crippen LogP contribution in [0.3, 0.4) is 0 Å². The molecule has 2 heterocycles. The summed E-state index contributed by atoms with van der Waals surface area (Å²) in [5.74, 6) is 0.348. The third kappa shape index (κ3) is 6.04. The molecule has 186 valence electrons. The van der Waals surface area contributed by atoms with Gasteiger partial charge in [-0.15, -0.1) is 0 Å². The van der Waals surface area contributed by atoms with Crippen LogP contribution in [0.1, 0.15) is 22.9 Å². The van der Waals surface area contributed by atoms with Crippen LogP contribution in [0, 0.1) is 0 Å². The number of hydrogen-bond acceptors (Lipinski definition) is 9. The summed E-state index contributed by atoms with van der Waals surface area (Å²) < 4.78 is 48.3. The second kappa shape index (κ2) is 9.86. The Morgan fingerprint density at radius 3 is 2.63 bits per heavy atom. The summed E-state index contributed by atoms with van der Waals surface area (Å²) in [5.41, 5.74) is 2.04. The van der Waals surface area contributed by atoms with Crippen molar-refractivity contribution in [1.29, 1.82) is 0 Å². The Morgan fingerprint density at radius 1 is 1.14 bits per heavy atom. The number of phenols is 2. The Morgan fingerprint density at radius 2 is 1.91 bits per heavy atom. The molecule has 0 saturated heterocycles. The first-order valence-corrected chi connectivity index (χ1v) is 11.9. The zero-order valence-electron chi connectivity index (χ0n) is 19.0. The highest BCUT2D eigenvalue weighted by molar-refractivity contribution is 7.81. The number of hydrogen-bond donors (Lipinski definition) is 3.